The number of esters is 1. The van der Waals surface area contributed by atoms with Gasteiger partial charge in [-0.3, -0.25) is 0 Å². The number of fused-ring (bicyclic) bond motifs is 1. The molecule has 1 heterocycles. The third kappa shape index (κ3) is 4.09. The van der Waals surface area contributed by atoms with Gasteiger partial charge in [0.05, 0.1) is 13.2 Å². The topological polar surface area (TPSA) is 44.8 Å². The van der Waals surface area contributed by atoms with Crippen molar-refractivity contribution < 1.29 is 23.4 Å². The predicted octanol–water partition coefficient (Wildman–Crippen LogP) is 5.31. The number of hydrogen-bond acceptors (Lipinski definition) is 4. The first-order chi connectivity index (χ1) is 12.2. The fourth-order valence-corrected chi connectivity index (χ4v) is 3.03. The average molecular weight is 362 g/mol. The summed E-state index contributed by atoms with van der Waals surface area (Å²) in [4.78, 5) is 11.8. The van der Waals surface area contributed by atoms with Crippen LogP contribution in [0.15, 0.2) is 24.0 Å². The maximum Gasteiger partial charge on any atom is 0.367 e. The molecule has 0 amide bonds. The van der Waals surface area contributed by atoms with E-state index in [9.17, 15) is 9.18 Å². The molecule has 0 N–H and O–H groups in total. The van der Waals surface area contributed by atoms with Crippen LogP contribution in [0.4, 0.5) is 4.39 Å². The molecule has 1 aliphatic heterocycles. The van der Waals surface area contributed by atoms with Crippen molar-refractivity contribution in [2.45, 2.75) is 53.6 Å². The zero-order valence-electron chi connectivity index (χ0n) is 16.4. The number of hydrogen-bond donors (Lipinski definition) is 0. The summed E-state index contributed by atoms with van der Waals surface area (Å²) in [5.74, 6) is -0.692. The van der Waals surface area contributed by atoms with E-state index in [4.69, 9.17) is 14.2 Å². The molecule has 0 saturated carbocycles. The van der Waals surface area contributed by atoms with E-state index >= 15 is 0 Å². The van der Waals surface area contributed by atoms with Crippen molar-refractivity contribution in [2.75, 3.05) is 13.2 Å². The molecule has 1 aromatic rings. The van der Waals surface area contributed by atoms with Crippen LogP contribution in [-0.4, -0.2) is 24.8 Å². The second kappa shape index (κ2) is 7.94. The molecule has 0 bridgehead atoms. The first kappa shape index (κ1) is 20.0. The molecule has 5 heteroatoms. The van der Waals surface area contributed by atoms with E-state index in [0.717, 1.165) is 17.6 Å². The summed E-state index contributed by atoms with van der Waals surface area (Å²) in [5, 5.41) is 0. The summed E-state index contributed by atoms with van der Waals surface area (Å²) in [6.07, 6.45) is 2.89. The first-order valence-corrected chi connectivity index (χ1v) is 8.99. The zero-order valence-corrected chi connectivity index (χ0v) is 16.4. The lowest BCUT2D eigenvalue weighted by atomic mass is 9.90. The molecule has 0 fully saturated rings. The number of ether oxygens (including phenoxy) is 3. The standard InChI is InChI=1S/C21H27FO4/c1-7-14-12-21(5,6)26-18-11-17(24-8-2)15(10-16(14)18)13(4)19(22)20(23)25-9-3/h10-12H,7-9H2,1-6H3/b19-13+. The molecule has 142 valence electrons. The fourth-order valence-electron chi connectivity index (χ4n) is 3.03. The summed E-state index contributed by atoms with van der Waals surface area (Å²) < 4.78 is 31.1. The molecule has 2 rings (SSSR count). The molecule has 0 saturated heterocycles. The van der Waals surface area contributed by atoms with E-state index in [0.29, 0.717) is 23.7 Å². The second-order valence-corrected chi connectivity index (χ2v) is 6.67. The molecule has 0 atom stereocenters. The molecule has 4 nitrogen and oxygen atoms in total. The van der Waals surface area contributed by atoms with E-state index in [1.54, 1.807) is 19.9 Å². The van der Waals surface area contributed by atoms with E-state index in [1.807, 2.05) is 26.8 Å². The maximum atomic E-state index is 14.5. The highest BCUT2D eigenvalue weighted by Gasteiger charge is 2.28. The van der Waals surface area contributed by atoms with E-state index in [1.165, 1.54) is 0 Å². The molecular formula is C21H27FO4. The van der Waals surface area contributed by atoms with Gasteiger partial charge in [-0.05, 0) is 58.8 Å². The Morgan fingerprint density at radius 1 is 1.19 bits per heavy atom. The minimum absolute atomic E-state index is 0.119. The minimum Gasteiger partial charge on any atom is -0.493 e. The van der Waals surface area contributed by atoms with E-state index in [-0.39, 0.29) is 12.2 Å². The third-order valence-electron chi connectivity index (χ3n) is 4.19. The van der Waals surface area contributed by atoms with Crippen LogP contribution in [0, 0.1) is 0 Å². The summed E-state index contributed by atoms with van der Waals surface area (Å²) in [5.41, 5.74) is 2.30. The van der Waals surface area contributed by atoms with Crippen LogP contribution in [-0.2, 0) is 9.53 Å². The van der Waals surface area contributed by atoms with Gasteiger partial charge in [-0.15, -0.1) is 0 Å². The summed E-state index contributed by atoms with van der Waals surface area (Å²) in [6.45, 7) is 11.6. The van der Waals surface area contributed by atoms with Crippen molar-refractivity contribution in [1.29, 1.82) is 0 Å². The number of allylic oxidation sites excluding steroid dienone is 2. The van der Waals surface area contributed by atoms with Gasteiger partial charge in [-0.2, -0.15) is 4.39 Å². The quantitative estimate of drug-likeness (QED) is 0.508. The summed E-state index contributed by atoms with van der Waals surface area (Å²) in [6, 6.07) is 3.61. The SMILES string of the molecule is CCOC(=O)/C(F)=C(/C)c1cc2c(cc1OCC)OC(C)(C)C=C2CC. The predicted molar refractivity (Wildman–Crippen MR) is 101 cm³/mol. The highest BCUT2D eigenvalue weighted by Crippen LogP contribution is 2.43. The van der Waals surface area contributed by atoms with Crippen molar-refractivity contribution in [2.24, 2.45) is 0 Å². The van der Waals surface area contributed by atoms with Gasteiger partial charge in [0.25, 0.3) is 0 Å². The highest BCUT2D eigenvalue weighted by molar-refractivity contribution is 5.96. The number of benzene rings is 1. The lowest BCUT2D eigenvalue weighted by Crippen LogP contribution is -2.29. The van der Waals surface area contributed by atoms with Crippen LogP contribution in [0.3, 0.4) is 0 Å². The monoisotopic (exact) mass is 362 g/mol. The Hall–Kier alpha value is -2.30. The Labute approximate surface area is 154 Å². The van der Waals surface area contributed by atoms with Crippen LogP contribution < -0.4 is 9.47 Å². The Kier molecular flexibility index (Phi) is 6.11. The van der Waals surface area contributed by atoms with Crippen molar-refractivity contribution in [3.8, 4) is 11.5 Å². The highest BCUT2D eigenvalue weighted by atomic mass is 19.1. The molecule has 1 aromatic carbocycles. The van der Waals surface area contributed by atoms with Crippen molar-refractivity contribution in [3.63, 3.8) is 0 Å². The van der Waals surface area contributed by atoms with Gasteiger partial charge in [-0.25, -0.2) is 4.79 Å². The smallest absolute Gasteiger partial charge is 0.367 e. The lowest BCUT2D eigenvalue weighted by Gasteiger charge is -2.32. The summed E-state index contributed by atoms with van der Waals surface area (Å²) >= 11 is 0. The number of rotatable bonds is 6. The van der Waals surface area contributed by atoms with Crippen LogP contribution in [0.2, 0.25) is 0 Å². The van der Waals surface area contributed by atoms with Gasteiger partial charge >= 0.3 is 5.97 Å². The van der Waals surface area contributed by atoms with Gasteiger partial charge < -0.3 is 14.2 Å². The Morgan fingerprint density at radius 3 is 2.46 bits per heavy atom. The fraction of sp³-hybridized carbons (Fsp3) is 0.476. The lowest BCUT2D eigenvalue weighted by molar-refractivity contribution is -0.140. The molecular weight excluding hydrogens is 335 g/mol. The molecule has 0 aliphatic carbocycles. The van der Waals surface area contributed by atoms with Gasteiger partial charge in [0.2, 0.25) is 5.83 Å². The normalized spacial score (nSPS) is 16.0. The third-order valence-corrected chi connectivity index (χ3v) is 4.19. The molecule has 1 aliphatic rings. The van der Waals surface area contributed by atoms with Crippen molar-refractivity contribution in [3.05, 3.63) is 35.2 Å². The van der Waals surface area contributed by atoms with Gasteiger partial charge in [0.1, 0.15) is 17.1 Å². The zero-order chi connectivity index (χ0) is 19.5. The Bertz CT molecular complexity index is 760. The molecule has 0 spiro atoms. The maximum absolute atomic E-state index is 14.5. The van der Waals surface area contributed by atoms with Crippen molar-refractivity contribution >= 4 is 17.1 Å². The molecule has 0 unspecified atom stereocenters. The van der Waals surface area contributed by atoms with Crippen LogP contribution in [0.25, 0.3) is 11.1 Å². The van der Waals surface area contributed by atoms with Crippen LogP contribution in [0.1, 0.15) is 59.1 Å². The van der Waals surface area contributed by atoms with Gasteiger partial charge in [0, 0.05) is 22.8 Å². The van der Waals surface area contributed by atoms with Crippen molar-refractivity contribution in [1.82, 2.24) is 0 Å². The second-order valence-electron chi connectivity index (χ2n) is 6.67. The first-order valence-electron chi connectivity index (χ1n) is 8.99. The molecule has 0 radical (unpaired) electrons. The number of carbonyl (C=O) groups is 1. The largest absolute Gasteiger partial charge is 0.493 e. The Morgan fingerprint density at radius 2 is 1.88 bits per heavy atom. The Balaban J connectivity index is 2.64. The van der Waals surface area contributed by atoms with Gasteiger partial charge in [0.15, 0.2) is 0 Å². The average Bonchev–Trinajstić information content (AvgIpc) is 2.59. The number of halogens is 1. The van der Waals surface area contributed by atoms with E-state index in [2.05, 4.69) is 13.0 Å². The molecule has 26 heavy (non-hydrogen) atoms. The number of carbonyl (C=O) groups excluding carboxylic acids is 1. The minimum atomic E-state index is -0.964. The van der Waals surface area contributed by atoms with Crippen LogP contribution >= 0.6 is 0 Å². The molecule has 0 aromatic heterocycles. The van der Waals surface area contributed by atoms with E-state index < -0.39 is 17.4 Å². The summed E-state index contributed by atoms with van der Waals surface area (Å²) in [7, 11) is 0. The van der Waals surface area contributed by atoms with Crippen LogP contribution in [0.5, 0.6) is 11.5 Å². The van der Waals surface area contributed by atoms with Gasteiger partial charge in [-0.1, -0.05) is 6.92 Å².